The van der Waals surface area contributed by atoms with Gasteiger partial charge < -0.3 is 10.2 Å². The Balaban J connectivity index is 1.38. The van der Waals surface area contributed by atoms with Crippen LogP contribution in [-0.4, -0.2) is 53.8 Å². The van der Waals surface area contributed by atoms with E-state index in [4.69, 9.17) is 5.26 Å². The standard InChI is InChI=1S/C26H26N4O2S/c27-18-21-8-10-22(11-9-21)19-29-12-14-30(15-13-29)26(32)23(17-20-5-2-1-3-6-20)28-25(31)24-7-4-16-33-24/h1-11,16,23H,12-15,17,19H2,(H,28,31)/t23-/m0/s1. The maximum atomic E-state index is 13.4. The molecule has 2 heterocycles. The molecule has 0 spiro atoms. The molecule has 1 aliphatic heterocycles. The first kappa shape index (κ1) is 22.7. The molecule has 1 saturated heterocycles. The van der Waals surface area contributed by atoms with Crippen LogP contribution in [0.25, 0.3) is 0 Å². The van der Waals surface area contributed by atoms with Gasteiger partial charge >= 0.3 is 0 Å². The molecule has 0 bridgehead atoms. The van der Waals surface area contributed by atoms with Crippen molar-refractivity contribution in [2.75, 3.05) is 26.2 Å². The molecule has 1 aliphatic rings. The number of benzene rings is 2. The number of rotatable bonds is 7. The molecular weight excluding hydrogens is 432 g/mol. The fraction of sp³-hybridized carbons (Fsp3) is 0.269. The summed E-state index contributed by atoms with van der Waals surface area (Å²) in [5.74, 6) is -0.250. The summed E-state index contributed by atoms with van der Waals surface area (Å²) in [6.07, 6.45) is 0.461. The number of nitriles is 1. The molecule has 7 heteroatoms. The maximum Gasteiger partial charge on any atom is 0.262 e. The monoisotopic (exact) mass is 458 g/mol. The highest BCUT2D eigenvalue weighted by Crippen LogP contribution is 2.14. The number of amides is 2. The van der Waals surface area contributed by atoms with Gasteiger partial charge in [0.25, 0.3) is 5.91 Å². The van der Waals surface area contributed by atoms with Crippen molar-refractivity contribution in [3.05, 3.63) is 93.7 Å². The zero-order valence-corrected chi connectivity index (χ0v) is 19.1. The Morgan fingerprint density at radius 3 is 2.30 bits per heavy atom. The van der Waals surface area contributed by atoms with E-state index in [0.29, 0.717) is 30.0 Å². The minimum absolute atomic E-state index is 0.0400. The molecule has 1 aromatic heterocycles. The van der Waals surface area contributed by atoms with Gasteiger partial charge in [0.2, 0.25) is 5.91 Å². The molecule has 4 rings (SSSR count). The van der Waals surface area contributed by atoms with Crippen LogP contribution < -0.4 is 5.32 Å². The normalized spacial score (nSPS) is 14.9. The molecule has 1 N–H and O–H groups in total. The van der Waals surface area contributed by atoms with Gasteiger partial charge in [-0.25, -0.2) is 0 Å². The van der Waals surface area contributed by atoms with Crippen molar-refractivity contribution < 1.29 is 9.59 Å². The van der Waals surface area contributed by atoms with Crippen molar-refractivity contribution in [2.24, 2.45) is 0 Å². The van der Waals surface area contributed by atoms with Crippen LogP contribution >= 0.6 is 11.3 Å². The Kier molecular flexibility index (Phi) is 7.51. The van der Waals surface area contributed by atoms with Crippen LogP contribution in [0.1, 0.15) is 26.4 Å². The quantitative estimate of drug-likeness (QED) is 0.589. The van der Waals surface area contributed by atoms with E-state index in [0.717, 1.165) is 30.8 Å². The lowest BCUT2D eigenvalue weighted by Crippen LogP contribution is -2.55. The highest BCUT2D eigenvalue weighted by atomic mass is 32.1. The summed E-state index contributed by atoms with van der Waals surface area (Å²) in [4.78, 5) is 30.9. The molecule has 0 saturated carbocycles. The van der Waals surface area contributed by atoms with Crippen LogP contribution in [0, 0.1) is 11.3 Å². The lowest BCUT2D eigenvalue weighted by atomic mass is 10.0. The van der Waals surface area contributed by atoms with E-state index in [1.807, 2.05) is 70.9 Å². The van der Waals surface area contributed by atoms with Crippen molar-refractivity contribution in [1.29, 1.82) is 5.26 Å². The molecule has 0 aliphatic carbocycles. The van der Waals surface area contributed by atoms with E-state index < -0.39 is 6.04 Å². The van der Waals surface area contributed by atoms with Crippen molar-refractivity contribution in [3.63, 3.8) is 0 Å². The van der Waals surface area contributed by atoms with Crippen LogP contribution in [0.3, 0.4) is 0 Å². The number of carbonyl (C=O) groups excluding carboxylic acids is 2. The smallest absolute Gasteiger partial charge is 0.262 e. The third-order valence-electron chi connectivity index (χ3n) is 5.80. The Morgan fingerprint density at radius 1 is 0.939 bits per heavy atom. The minimum Gasteiger partial charge on any atom is -0.339 e. The van der Waals surface area contributed by atoms with Gasteiger partial charge in [0, 0.05) is 39.1 Å². The molecule has 168 valence electrons. The minimum atomic E-state index is -0.605. The molecular formula is C26H26N4O2S. The molecule has 6 nitrogen and oxygen atoms in total. The summed E-state index contributed by atoms with van der Waals surface area (Å²) in [6, 6.07) is 22.6. The van der Waals surface area contributed by atoms with Gasteiger partial charge in [-0.1, -0.05) is 48.5 Å². The second kappa shape index (κ2) is 10.9. The van der Waals surface area contributed by atoms with E-state index >= 15 is 0 Å². The number of nitrogens with one attached hydrogen (secondary N) is 1. The molecule has 2 aromatic carbocycles. The number of hydrogen-bond donors (Lipinski definition) is 1. The average molecular weight is 459 g/mol. The zero-order chi connectivity index (χ0) is 23.0. The number of hydrogen-bond acceptors (Lipinski definition) is 5. The molecule has 0 radical (unpaired) electrons. The van der Waals surface area contributed by atoms with Crippen molar-refractivity contribution in [2.45, 2.75) is 19.0 Å². The SMILES string of the molecule is N#Cc1ccc(CN2CCN(C(=O)[C@H](Cc3ccccc3)NC(=O)c3cccs3)CC2)cc1. The summed E-state index contributed by atoms with van der Waals surface area (Å²) in [5.41, 5.74) is 2.82. The Morgan fingerprint density at radius 2 is 1.67 bits per heavy atom. The number of piperazine rings is 1. The Hall–Kier alpha value is -3.47. The summed E-state index contributed by atoms with van der Waals surface area (Å²) in [7, 11) is 0. The second-order valence-corrected chi connectivity index (χ2v) is 9.05. The van der Waals surface area contributed by atoms with Gasteiger partial charge in [-0.3, -0.25) is 14.5 Å². The van der Waals surface area contributed by atoms with Gasteiger partial charge in [-0.05, 0) is 34.7 Å². The van der Waals surface area contributed by atoms with Crippen LogP contribution in [0.5, 0.6) is 0 Å². The van der Waals surface area contributed by atoms with Crippen molar-refractivity contribution >= 4 is 23.2 Å². The predicted octanol–water partition coefficient (Wildman–Crippen LogP) is 3.31. The summed E-state index contributed by atoms with van der Waals surface area (Å²) in [6.45, 7) is 3.56. The lowest BCUT2D eigenvalue weighted by Gasteiger charge is -2.36. The molecule has 1 atom stereocenters. The summed E-state index contributed by atoms with van der Waals surface area (Å²) < 4.78 is 0. The van der Waals surface area contributed by atoms with Crippen LogP contribution in [0.2, 0.25) is 0 Å². The van der Waals surface area contributed by atoms with Gasteiger partial charge in [0.15, 0.2) is 0 Å². The van der Waals surface area contributed by atoms with Gasteiger partial charge in [-0.2, -0.15) is 5.26 Å². The summed E-state index contributed by atoms with van der Waals surface area (Å²) in [5, 5.41) is 13.8. The van der Waals surface area contributed by atoms with Crippen LogP contribution in [0.15, 0.2) is 72.1 Å². The first-order valence-electron chi connectivity index (χ1n) is 11.0. The highest BCUT2D eigenvalue weighted by Gasteiger charge is 2.29. The molecule has 33 heavy (non-hydrogen) atoms. The third kappa shape index (κ3) is 6.07. The fourth-order valence-electron chi connectivity index (χ4n) is 3.98. The molecule has 1 fully saturated rings. The van der Waals surface area contributed by atoms with Crippen molar-refractivity contribution in [3.8, 4) is 6.07 Å². The maximum absolute atomic E-state index is 13.4. The van der Waals surface area contributed by atoms with Gasteiger partial charge in [0.05, 0.1) is 16.5 Å². The molecule has 2 amide bonds. The summed E-state index contributed by atoms with van der Waals surface area (Å²) >= 11 is 1.37. The van der Waals surface area contributed by atoms with E-state index in [1.54, 1.807) is 6.07 Å². The highest BCUT2D eigenvalue weighted by molar-refractivity contribution is 7.12. The van der Waals surface area contributed by atoms with E-state index in [9.17, 15) is 9.59 Å². The molecule has 0 unspecified atom stereocenters. The van der Waals surface area contributed by atoms with E-state index in [1.165, 1.54) is 11.3 Å². The van der Waals surface area contributed by atoms with E-state index in [-0.39, 0.29) is 11.8 Å². The van der Waals surface area contributed by atoms with E-state index in [2.05, 4.69) is 16.3 Å². The Labute approximate surface area is 198 Å². The second-order valence-electron chi connectivity index (χ2n) is 8.10. The topological polar surface area (TPSA) is 76.4 Å². The van der Waals surface area contributed by atoms with Gasteiger partial charge in [0.1, 0.15) is 6.04 Å². The van der Waals surface area contributed by atoms with Crippen molar-refractivity contribution in [1.82, 2.24) is 15.1 Å². The van der Waals surface area contributed by atoms with Crippen LogP contribution in [-0.2, 0) is 17.8 Å². The number of thiophene rings is 1. The predicted molar refractivity (Wildman–Crippen MR) is 129 cm³/mol. The molecule has 3 aromatic rings. The number of nitrogens with zero attached hydrogens (tertiary/aromatic N) is 3. The average Bonchev–Trinajstić information content (AvgIpc) is 3.40. The zero-order valence-electron chi connectivity index (χ0n) is 18.3. The number of carbonyl (C=O) groups is 2. The fourth-order valence-corrected chi connectivity index (χ4v) is 4.60. The third-order valence-corrected chi connectivity index (χ3v) is 6.67. The van der Waals surface area contributed by atoms with Crippen LogP contribution in [0.4, 0.5) is 0 Å². The van der Waals surface area contributed by atoms with Gasteiger partial charge in [-0.15, -0.1) is 11.3 Å². The first-order valence-corrected chi connectivity index (χ1v) is 11.9. The Bertz CT molecular complexity index is 1100. The first-order chi connectivity index (χ1) is 16.1. The largest absolute Gasteiger partial charge is 0.339 e. The lowest BCUT2D eigenvalue weighted by molar-refractivity contribution is -0.135.